The van der Waals surface area contributed by atoms with Crippen LogP contribution in [0.25, 0.3) is 27.5 Å². The second kappa shape index (κ2) is 9.63. The quantitative estimate of drug-likeness (QED) is 0.348. The summed E-state index contributed by atoms with van der Waals surface area (Å²) >= 11 is 8.21. The smallest absolute Gasteiger partial charge is 0.253 e. The molecule has 194 valence electrons. The molecular weight excluding hydrogens is 520 g/mol. The molecule has 0 radical (unpaired) electrons. The number of thiazole rings is 1. The topological polar surface area (TPSA) is 93.0 Å². The van der Waals surface area contributed by atoms with E-state index in [1.54, 1.807) is 26.2 Å². The molecule has 0 spiro atoms. The first kappa shape index (κ1) is 24.8. The predicted octanol–water partition coefficient (Wildman–Crippen LogP) is 5.42. The summed E-state index contributed by atoms with van der Waals surface area (Å²) in [6.45, 7) is 1.48. The molecule has 0 atom stereocenters. The summed E-state index contributed by atoms with van der Waals surface area (Å²) in [5.41, 5.74) is 7.02. The van der Waals surface area contributed by atoms with Gasteiger partial charge in [0, 0.05) is 49.6 Å². The maximum Gasteiger partial charge on any atom is 0.253 e. The van der Waals surface area contributed by atoms with Crippen molar-refractivity contribution in [3.8, 4) is 27.5 Å². The third-order valence-corrected chi connectivity index (χ3v) is 8.24. The molecule has 10 heteroatoms. The molecule has 3 aromatic heterocycles. The Labute approximate surface area is 229 Å². The van der Waals surface area contributed by atoms with Crippen LogP contribution in [-0.4, -0.2) is 50.6 Å². The van der Waals surface area contributed by atoms with E-state index in [-0.39, 0.29) is 11.8 Å². The molecular formula is C28H27ClN6O2S. The summed E-state index contributed by atoms with van der Waals surface area (Å²) in [6, 6.07) is 9.48. The normalized spacial score (nSPS) is 14.1. The first-order valence-corrected chi connectivity index (χ1v) is 13.8. The summed E-state index contributed by atoms with van der Waals surface area (Å²) in [4.78, 5) is 36.1. The highest BCUT2D eigenvalue weighted by molar-refractivity contribution is 7.19. The second-order valence-electron chi connectivity index (χ2n) is 10.1. The minimum Gasteiger partial charge on any atom is -0.345 e. The Morgan fingerprint density at radius 2 is 2.00 bits per heavy atom. The molecule has 4 aromatic rings. The van der Waals surface area contributed by atoms with Gasteiger partial charge in [-0.15, -0.1) is 0 Å². The molecule has 1 aromatic carbocycles. The fourth-order valence-corrected chi connectivity index (χ4v) is 6.23. The maximum atomic E-state index is 12.5. The van der Waals surface area contributed by atoms with Crippen LogP contribution in [0.1, 0.15) is 47.1 Å². The van der Waals surface area contributed by atoms with Crippen LogP contribution >= 0.6 is 22.9 Å². The minimum atomic E-state index is -0.160. The van der Waals surface area contributed by atoms with Crippen LogP contribution < -0.4 is 5.32 Å². The zero-order valence-electron chi connectivity index (χ0n) is 21.4. The number of amides is 2. The molecule has 6 rings (SSSR count). The van der Waals surface area contributed by atoms with Crippen molar-refractivity contribution < 1.29 is 9.59 Å². The van der Waals surface area contributed by atoms with Gasteiger partial charge in [0.25, 0.3) is 5.91 Å². The van der Waals surface area contributed by atoms with Gasteiger partial charge >= 0.3 is 0 Å². The standard InChI is InChI=1S/C28H27ClN6O2S/c1-15(36)31-28-32-22-10-9-20-24(18-6-8-19(30-14-18)12-16-4-5-16)33-35(25(20)26(22)38-28)23-11-7-17(13-21(23)29)27(37)34(2)3/h6-8,11,13-14,16H,4-5,9-10,12H2,1-3H3,(H,31,32,36). The highest BCUT2D eigenvalue weighted by Gasteiger charge is 2.31. The van der Waals surface area contributed by atoms with E-state index in [0.717, 1.165) is 64.0 Å². The predicted molar refractivity (Wildman–Crippen MR) is 149 cm³/mol. The number of hydrogen-bond donors (Lipinski definition) is 1. The fourth-order valence-electron chi connectivity index (χ4n) is 4.85. The first-order chi connectivity index (χ1) is 18.3. The van der Waals surface area contributed by atoms with Crippen LogP contribution in [-0.2, 0) is 24.1 Å². The third kappa shape index (κ3) is 4.61. The maximum absolute atomic E-state index is 12.5. The van der Waals surface area contributed by atoms with E-state index in [0.29, 0.717) is 21.4 Å². The molecule has 3 heterocycles. The highest BCUT2D eigenvalue weighted by Crippen LogP contribution is 2.45. The van der Waals surface area contributed by atoms with E-state index < -0.39 is 0 Å². The molecule has 0 unspecified atom stereocenters. The van der Waals surface area contributed by atoms with Gasteiger partial charge in [-0.1, -0.05) is 22.9 Å². The number of pyridine rings is 1. The lowest BCUT2D eigenvalue weighted by Gasteiger charge is -2.16. The lowest BCUT2D eigenvalue weighted by Crippen LogP contribution is -2.21. The van der Waals surface area contributed by atoms with Crippen LogP contribution in [0.15, 0.2) is 36.5 Å². The molecule has 1 fully saturated rings. The van der Waals surface area contributed by atoms with E-state index in [4.69, 9.17) is 21.7 Å². The number of fused-ring (bicyclic) bond motifs is 3. The molecule has 0 bridgehead atoms. The van der Waals surface area contributed by atoms with Crippen LogP contribution in [0.2, 0.25) is 5.02 Å². The van der Waals surface area contributed by atoms with E-state index in [9.17, 15) is 9.59 Å². The Bertz CT molecular complexity index is 1570. The van der Waals surface area contributed by atoms with Crippen LogP contribution in [0.4, 0.5) is 5.13 Å². The molecule has 1 saturated carbocycles. The van der Waals surface area contributed by atoms with Gasteiger partial charge in [-0.25, -0.2) is 9.67 Å². The number of hydrogen-bond acceptors (Lipinski definition) is 6. The third-order valence-electron chi connectivity index (χ3n) is 6.91. The summed E-state index contributed by atoms with van der Waals surface area (Å²) in [5, 5.41) is 8.87. The van der Waals surface area contributed by atoms with E-state index in [2.05, 4.69) is 22.4 Å². The molecule has 1 N–H and O–H groups in total. The average molecular weight is 547 g/mol. The zero-order valence-corrected chi connectivity index (χ0v) is 23.0. The Hall–Kier alpha value is -3.56. The summed E-state index contributed by atoms with van der Waals surface area (Å²) < 4.78 is 1.85. The number of carbonyl (C=O) groups is 2. The Kier molecular flexibility index (Phi) is 6.28. The van der Waals surface area contributed by atoms with E-state index in [1.807, 2.05) is 16.9 Å². The molecule has 2 aliphatic carbocycles. The number of rotatable bonds is 6. The summed E-state index contributed by atoms with van der Waals surface area (Å²) in [7, 11) is 3.42. The van der Waals surface area contributed by atoms with Crippen molar-refractivity contribution in [1.29, 1.82) is 0 Å². The summed E-state index contributed by atoms with van der Waals surface area (Å²) in [6.07, 6.45) is 7.01. The largest absolute Gasteiger partial charge is 0.345 e. The lowest BCUT2D eigenvalue weighted by molar-refractivity contribution is -0.114. The number of aryl methyl sites for hydroxylation is 1. The molecule has 0 saturated heterocycles. The van der Waals surface area contributed by atoms with Gasteiger partial charge in [-0.3, -0.25) is 14.6 Å². The molecule has 2 aliphatic rings. The van der Waals surface area contributed by atoms with Gasteiger partial charge in [0.05, 0.1) is 32.7 Å². The van der Waals surface area contributed by atoms with Crippen LogP contribution in [0, 0.1) is 5.92 Å². The van der Waals surface area contributed by atoms with Gasteiger partial charge in [-0.05, 0) is 68.4 Å². The fraction of sp³-hybridized carbons (Fsp3) is 0.321. The number of nitrogens with one attached hydrogen (secondary N) is 1. The monoisotopic (exact) mass is 546 g/mol. The van der Waals surface area contributed by atoms with Crippen molar-refractivity contribution in [1.82, 2.24) is 24.6 Å². The second-order valence-corrected chi connectivity index (χ2v) is 11.5. The van der Waals surface area contributed by atoms with Crippen molar-refractivity contribution in [3.05, 3.63) is 64.1 Å². The van der Waals surface area contributed by atoms with Crippen molar-refractivity contribution in [2.45, 2.75) is 39.0 Å². The van der Waals surface area contributed by atoms with E-state index >= 15 is 0 Å². The molecule has 0 aliphatic heterocycles. The van der Waals surface area contributed by atoms with Crippen molar-refractivity contribution in [2.24, 2.45) is 5.92 Å². The molecule has 8 nitrogen and oxygen atoms in total. The SMILES string of the molecule is CC(=O)Nc1nc2c(s1)-c1c(c(-c3ccc(CC4CC4)nc3)nn1-c1ccc(C(=O)N(C)C)cc1Cl)CC2. The Morgan fingerprint density at radius 1 is 1.18 bits per heavy atom. The molecule has 2 amide bonds. The summed E-state index contributed by atoms with van der Waals surface area (Å²) in [5.74, 6) is 0.489. The van der Waals surface area contributed by atoms with Crippen molar-refractivity contribution in [3.63, 3.8) is 0 Å². The number of carbonyl (C=O) groups excluding carboxylic acids is 2. The van der Waals surface area contributed by atoms with Gasteiger partial charge in [-0.2, -0.15) is 5.10 Å². The lowest BCUT2D eigenvalue weighted by atomic mass is 9.95. The number of halogens is 1. The first-order valence-electron chi connectivity index (χ1n) is 12.6. The molecule has 38 heavy (non-hydrogen) atoms. The minimum absolute atomic E-state index is 0.122. The number of benzene rings is 1. The van der Waals surface area contributed by atoms with Crippen molar-refractivity contribution in [2.75, 3.05) is 19.4 Å². The van der Waals surface area contributed by atoms with Gasteiger partial charge in [0.1, 0.15) is 0 Å². The number of nitrogens with zero attached hydrogens (tertiary/aromatic N) is 5. The van der Waals surface area contributed by atoms with Crippen LogP contribution in [0.5, 0.6) is 0 Å². The Morgan fingerprint density at radius 3 is 2.66 bits per heavy atom. The number of aromatic nitrogens is 4. The van der Waals surface area contributed by atoms with Crippen molar-refractivity contribution >= 4 is 39.9 Å². The average Bonchev–Trinajstić information content (AvgIpc) is 3.47. The zero-order chi connectivity index (χ0) is 26.6. The van der Waals surface area contributed by atoms with E-state index in [1.165, 1.54) is 36.0 Å². The van der Waals surface area contributed by atoms with Gasteiger partial charge in [0.2, 0.25) is 5.91 Å². The van der Waals surface area contributed by atoms with Gasteiger partial charge in [0.15, 0.2) is 5.13 Å². The van der Waals surface area contributed by atoms with Gasteiger partial charge < -0.3 is 10.2 Å². The highest BCUT2D eigenvalue weighted by atomic mass is 35.5. The van der Waals surface area contributed by atoms with Crippen LogP contribution in [0.3, 0.4) is 0 Å². The number of anilines is 1. The Balaban J connectivity index is 1.48.